The minimum absolute atomic E-state index is 0.190. The number of fused-ring (bicyclic) bond motifs is 1. The van der Waals surface area contributed by atoms with Crippen LogP contribution in [0.1, 0.15) is 11.1 Å². The number of ether oxygens (including phenoxy) is 3. The van der Waals surface area contributed by atoms with Gasteiger partial charge in [0.15, 0.2) is 11.5 Å². The molecule has 1 aliphatic heterocycles. The molecule has 1 heterocycles. The minimum atomic E-state index is -0.629. The second-order valence-electron chi connectivity index (χ2n) is 5.82. The molecule has 1 aliphatic rings. The van der Waals surface area contributed by atoms with Crippen molar-refractivity contribution in [3.8, 4) is 17.2 Å². The van der Waals surface area contributed by atoms with E-state index in [4.69, 9.17) is 25.8 Å². The van der Waals surface area contributed by atoms with Crippen molar-refractivity contribution in [2.75, 3.05) is 19.9 Å². The lowest BCUT2D eigenvalue weighted by Gasteiger charge is -2.16. The van der Waals surface area contributed by atoms with E-state index in [2.05, 4.69) is 21.2 Å². The second kappa shape index (κ2) is 8.27. The molecule has 0 fully saturated rings. The van der Waals surface area contributed by atoms with E-state index in [9.17, 15) is 5.11 Å². The van der Waals surface area contributed by atoms with Gasteiger partial charge in [-0.2, -0.15) is 0 Å². The van der Waals surface area contributed by atoms with E-state index in [-0.39, 0.29) is 13.4 Å². The first-order valence-corrected chi connectivity index (χ1v) is 9.06. The van der Waals surface area contributed by atoms with Gasteiger partial charge in [-0.1, -0.05) is 17.7 Å². The molecule has 0 amide bonds. The molecule has 0 unspecified atom stereocenters. The van der Waals surface area contributed by atoms with Crippen molar-refractivity contribution in [2.24, 2.45) is 0 Å². The Labute approximate surface area is 160 Å². The lowest BCUT2D eigenvalue weighted by atomic mass is 10.2. The average Bonchev–Trinajstić information content (AvgIpc) is 3.01. The van der Waals surface area contributed by atoms with Gasteiger partial charge in [-0.3, -0.25) is 0 Å². The van der Waals surface area contributed by atoms with Crippen molar-refractivity contribution in [3.63, 3.8) is 0 Å². The molecule has 2 N–H and O–H groups in total. The van der Waals surface area contributed by atoms with E-state index in [1.165, 1.54) is 0 Å². The number of hydrogen-bond donors (Lipinski definition) is 2. The number of hydrogen-bond acceptors (Lipinski definition) is 5. The van der Waals surface area contributed by atoms with E-state index in [0.29, 0.717) is 23.9 Å². The molecule has 7 heteroatoms. The quantitative estimate of drug-likeness (QED) is 0.705. The summed E-state index contributed by atoms with van der Waals surface area (Å²) < 4.78 is 17.1. The highest BCUT2D eigenvalue weighted by atomic mass is 79.9. The molecule has 5 nitrogen and oxygen atoms in total. The summed E-state index contributed by atoms with van der Waals surface area (Å²) >= 11 is 9.41. The fourth-order valence-electron chi connectivity index (χ4n) is 2.54. The van der Waals surface area contributed by atoms with Crippen LogP contribution < -0.4 is 19.5 Å². The molecule has 0 spiro atoms. The average molecular weight is 429 g/mol. The summed E-state index contributed by atoms with van der Waals surface area (Å²) in [5.74, 6) is 2.21. The van der Waals surface area contributed by atoms with E-state index >= 15 is 0 Å². The molecule has 1 atom stereocenters. The summed E-state index contributed by atoms with van der Waals surface area (Å²) in [5, 5.41) is 14.0. The fourth-order valence-corrected chi connectivity index (χ4v) is 3.62. The first kappa shape index (κ1) is 18.3. The van der Waals surface area contributed by atoms with Gasteiger partial charge >= 0.3 is 0 Å². The van der Waals surface area contributed by atoms with Gasteiger partial charge in [-0.25, -0.2) is 0 Å². The maximum Gasteiger partial charge on any atom is 0.231 e. The zero-order valence-corrected chi connectivity index (χ0v) is 16.1. The van der Waals surface area contributed by atoms with Crippen molar-refractivity contribution < 1.29 is 19.3 Å². The highest BCUT2D eigenvalue weighted by Crippen LogP contribution is 2.33. The molecule has 25 heavy (non-hydrogen) atoms. The number of benzene rings is 2. The summed E-state index contributed by atoms with van der Waals surface area (Å²) in [6, 6.07) is 9.39. The number of halogens is 2. The SMILES string of the molecule is Cc1cc(Cl)cc(Br)c1OC[C@@H](O)CNCc1ccc2c(c1)OCO2. The zero-order chi connectivity index (χ0) is 17.8. The lowest BCUT2D eigenvalue weighted by molar-refractivity contribution is 0.105. The lowest BCUT2D eigenvalue weighted by Crippen LogP contribution is -2.31. The van der Waals surface area contributed by atoms with Gasteiger partial charge in [0.2, 0.25) is 6.79 Å². The molecule has 2 aromatic rings. The van der Waals surface area contributed by atoms with Crippen molar-refractivity contribution >= 4 is 27.5 Å². The predicted octanol–water partition coefficient (Wildman–Crippen LogP) is 3.67. The van der Waals surface area contributed by atoms with Crippen molar-refractivity contribution in [1.82, 2.24) is 5.32 Å². The Morgan fingerprint density at radius 3 is 2.88 bits per heavy atom. The number of aliphatic hydroxyl groups excluding tert-OH is 1. The van der Waals surface area contributed by atoms with Crippen LogP contribution in [0.3, 0.4) is 0 Å². The van der Waals surface area contributed by atoms with Gasteiger partial charge in [0, 0.05) is 18.1 Å². The monoisotopic (exact) mass is 427 g/mol. The second-order valence-corrected chi connectivity index (χ2v) is 7.11. The summed E-state index contributed by atoms with van der Waals surface area (Å²) in [5.41, 5.74) is 1.98. The molecule has 0 aromatic heterocycles. The normalized spacial score (nSPS) is 13.8. The van der Waals surface area contributed by atoms with E-state index in [1.54, 1.807) is 6.07 Å². The van der Waals surface area contributed by atoms with Gasteiger partial charge < -0.3 is 24.6 Å². The Hall–Kier alpha value is -1.47. The molecule has 0 radical (unpaired) electrons. The van der Waals surface area contributed by atoms with Gasteiger partial charge in [-0.15, -0.1) is 0 Å². The van der Waals surface area contributed by atoms with E-state index in [1.807, 2.05) is 31.2 Å². The van der Waals surface area contributed by atoms with E-state index < -0.39 is 6.10 Å². The Morgan fingerprint density at radius 1 is 1.28 bits per heavy atom. The summed E-state index contributed by atoms with van der Waals surface area (Å²) in [6.45, 7) is 3.41. The van der Waals surface area contributed by atoms with Crippen LogP contribution >= 0.6 is 27.5 Å². The first-order valence-electron chi connectivity index (χ1n) is 7.88. The van der Waals surface area contributed by atoms with Crippen LogP contribution in [0.2, 0.25) is 5.02 Å². The van der Waals surface area contributed by atoms with E-state index in [0.717, 1.165) is 27.1 Å². The van der Waals surface area contributed by atoms with Crippen LogP contribution in [0, 0.1) is 6.92 Å². The van der Waals surface area contributed by atoms with Gasteiger partial charge in [-0.05, 0) is 58.2 Å². The fraction of sp³-hybridized carbons (Fsp3) is 0.333. The summed E-state index contributed by atoms with van der Waals surface area (Å²) in [7, 11) is 0. The smallest absolute Gasteiger partial charge is 0.231 e. The maximum absolute atomic E-state index is 10.1. The zero-order valence-electron chi connectivity index (χ0n) is 13.7. The maximum atomic E-state index is 10.1. The minimum Gasteiger partial charge on any atom is -0.489 e. The molecule has 0 bridgehead atoms. The van der Waals surface area contributed by atoms with Gasteiger partial charge in [0.1, 0.15) is 18.5 Å². The largest absolute Gasteiger partial charge is 0.489 e. The summed E-state index contributed by atoms with van der Waals surface area (Å²) in [6.07, 6.45) is -0.629. The third-order valence-corrected chi connectivity index (χ3v) is 4.57. The Bertz CT molecular complexity index is 733. The molecule has 0 aliphatic carbocycles. The molecule has 134 valence electrons. The standard InChI is InChI=1S/C18H19BrClNO4/c1-11-4-13(20)6-15(19)18(11)23-9-14(22)8-21-7-12-2-3-16-17(5-12)25-10-24-16/h2-6,14,21-22H,7-10H2,1H3/t14-/m0/s1. The first-order chi connectivity index (χ1) is 12.0. The van der Waals surface area contributed by atoms with Gasteiger partial charge in [0.05, 0.1) is 4.47 Å². The third kappa shape index (κ3) is 4.79. The van der Waals surface area contributed by atoms with Crippen LogP contribution in [0.4, 0.5) is 0 Å². The molecule has 2 aromatic carbocycles. The molecule has 3 rings (SSSR count). The van der Waals surface area contributed by atoms with Crippen LogP contribution in [-0.4, -0.2) is 31.2 Å². The Morgan fingerprint density at radius 2 is 2.08 bits per heavy atom. The predicted molar refractivity (Wildman–Crippen MR) is 99.7 cm³/mol. The van der Waals surface area contributed by atoms with Crippen LogP contribution in [-0.2, 0) is 6.54 Å². The van der Waals surface area contributed by atoms with Crippen molar-refractivity contribution in [2.45, 2.75) is 19.6 Å². The molecular formula is C18H19BrClNO4. The Balaban J connectivity index is 1.45. The number of nitrogens with one attached hydrogen (secondary N) is 1. The van der Waals surface area contributed by atoms with Crippen molar-refractivity contribution in [1.29, 1.82) is 0 Å². The highest BCUT2D eigenvalue weighted by Gasteiger charge is 2.14. The molecule has 0 saturated heterocycles. The summed E-state index contributed by atoms with van der Waals surface area (Å²) in [4.78, 5) is 0. The number of aliphatic hydroxyl groups is 1. The molecular weight excluding hydrogens is 410 g/mol. The van der Waals surface area contributed by atoms with Crippen molar-refractivity contribution in [3.05, 3.63) is 51.0 Å². The number of rotatable bonds is 7. The van der Waals surface area contributed by atoms with Gasteiger partial charge in [0.25, 0.3) is 0 Å². The van der Waals surface area contributed by atoms with Crippen LogP contribution in [0.25, 0.3) is 0 Å². The highest BCUT2D eigenvalue weighted by molar-refractivity contribution is 9.10. The topological polar surface area (TPSA) is 60.0 Å². The van der Waals surface area contributed by atoms with Crippen LogP contribution in [0.5, 0.6) is 17.2 Å². The molecule has 0 saturated carbocycles. The Kier molecular flexibility index (Phi) is 6.06. The third-order valence-electron chi connectivity index (χ3n) is 3.76. The number of aryl methyl sites for hydroxylation is 1. The van der Waals surface area contributed by atoms with Crippen LogP contribution in [0.15, 0.2) is 34.8 Å².